The lowest BCUT2D eigenvalue weighted by Crippen LogP contribution is -2.04. The number of hydrogen-bond donors (Lipinski definition) is 1. The van der Waals surface area contributed by atoms with Crippen molar-refractivity contribution in [3.05, 3.63) is 66.0 Å². The molecule has 0 fully saturated rings. The number of nitrogen functional groups attached to an aromatic ring is 1. The first-order chi connectivity index (χ1) is 15.7. The minimum Gasteiger partial charge on any atom is -0.496 e. The second kappa shape index (κ2) is 12.3. The Bertz CT molecular complexity index is 995. The largest absolute Gasteiger partial charge is 0.496 e. The van der Waals surface area contributed by atoms with Gasteiger partial charge in [-0.3, -0.25) is 0 Å². The van der Waals surface area contributed by atoms with Gasteiger partial charge in [0.2, 0.25) is 5.95 Å². The van der Waals surface area contributed by atoms with Crippen LogP contribution in [0.5, 0.6) is 11.5 Å². The molecule has 1 aromatic heterocycles. The molecule has 33 heavy (non-hydrogen) atoms. The number of hydrogen-bond acceptors (Lipinski definition) is 6. The Labute approximate surface area is 196 Å². The number of anilines is 1. The number of benzene rings is 2. The Kier molecular flexibility index (Phi) is 9.84. The average molecular weight is 480 g/mol. The maximum atomic E-state index is 12.6. The minimum absolute atomic E-state index is 0.271. The molecule has 5 nitrogen and oxygen atoms in total. The molecule has 0 atom stereocenters. The van der Waals surface area contributed by atoms with Gasteiger partial charge in [-0.1, -0.05) is 32.0 Å². The van der Waals surface area contributed by atoms with Gasteiger partial charge in [0.1, 0.15) is 5.75 Å². The van der Waals surface area contributed by atoms with Crippen molar-refractivity contribution < 1.29 is 22.6 Å². The van der Waals surface area contributed by atoms with Crippen molar-refractivity contribution in [1.82, 2.24) is 9.97 Å². The molecular weight excluding hydrogens is 451 g/mol. The van der Waals surface area contributed by atoms with Crippen LogP contribution >= 0.6 is 11.8 Å². The highest BCUT2D eigenvalue weighted by Crippen LogP contribution is 2.35. The van der Waals surface area contributed by atoms with Gasteiger partial charge in [0.25, 0.3) is 0 Å². The second-order valence-electron chi connectivity index (χ2n) is 7.31. The number of methoxy groups -OCH3 is 1. The van der Waals surface area contributed by atoms with Gasteiger partial charge in [-0.2, -0.15) is 24.9 Å². The molecule has 3 aromatic rings. The first-order valence-corrected chi connectivity index (χ1v) is 11.6. The molecule has 0 bridgehead atoms. The fourth-order valence-corrected chi connectivity index (χ4v) is 3.04. The van der Waals surface area contributed by atoms with Gasteiger partial charge >= 0.3 is 6.18 Å². The van der Waals surface area contributed by atoms with Crippen LogP contribution in [0.25, 0.3) is 11.1 Å². The molecule has 1 heterocycles. The normalized spacial score (nSPS) is 11.0. The molecule has 178 valence electrons. The standard InChI is InChI=1S/C17H17F3O.C7H11N3OS/c1-11(2)13-6-9-16(21-3)15(10-13)12-4-7-14(8-5-12)17(18,19)20;1-12-3-2-11-6-4-9-7(8)10-5-6/h4-11H,1-3H3;4-5H,2-3H2,1H3,(H2,8,9,10). The summed E-state index contributed by atoms with van der Waals surface area (Å²) in [7, 11) is 1.55. The monoisotopic (exact) mass is 479 g/mol. The van der Waals surface area contributed by atoms with Gasteiger partial charge in [0, 0.05) is 11.3 Å². The van der Waals surface area contributed by atoms with Crippen molar-refractivity contribution in [2.45, 2.75) is 25.9 Å². The summed E-state index contributed by atoms with van der Waals surface area (Å²) in [6.45, 7) is 4.81. The van der Waals surface area contributed by atoms with Crippen molar-refractivity contribution in [3.63, 3.8) is 0 Å². The summed E-state index contributed by atoms with van der Waals surface area (Å²) in [6, 6.07) is 10.9. The Morgan fingerprint density at radius 3 is 2.18 bits per heavy atom. The third-order valence-corrected chi connectivity index (χ3v) is 5.19. The van der Waals surface area contributed by atoms with Crippen molar-refractivity contribution in [2.75, 3.05) is 31.5 Å². The third kappa shape index (κ3) is 8.16. The third-order valence-electron chi connectivity index (χ3n) is 4.62. The van der Waals surface area contributed by atoms with Crippen LogP contribution in [-0.4, -0.2) is 35.7 Å². The van der Waals surface area contributed by atoms with Crippen LogP contribution in [0.2, 0.25) is 0 Å². The number of rotatable bonds is 7. The van der Waals surface area contributed by atoms with E-state index in [0.29, 0.717) is 29.6 Å². The highest BCUT2D eigenvalue weighted by atomic mass is 32.2. The first-order valence-electron chi connectivity index (χ1n) is 10.2. The predicted molar refractivity (Wildman–Crippen MR) is 128 cm³/mol. The number of aromatic nitrogens is 2. The van der Waals surface area contributed by atoms with Gasteiger partial charge in [-0.25, -0.2) is 9.97 Å². The molecule has 0 radical (unpaired) electrons. The van der Waals surface area contributed by atoms with E-state index in [4.69, 9.17) is 15.2 Å². The summed E-state index contributed by atoms with van der Waals surface area (Å²) < 4.78 is 48.4. The Hall–Kier alpha value is -2.94. The summed E-state index contributed by atoms with van der Waals surface area (Å²) in [5.74, 6) is 2.89. The fourth-order valence-electron chi connectivity index (χ4n) is 2.79. The van der Waals surface area contributed by atoms with E-state index in [9.17, 15) is 13.2 Å². The number of alkyl halides is 3. The van der Waals surface area contributed by atoms with Gasteiger partial charge < -0.3 is 15.2 Å². The van der Waals surface area contributed by atoms with Crippen molar-refractivity contribution in [2.24, 2.45) is 0 Å². The Morgan fingerprint density at radius 1 is 1.03 bits per heavy atom. The van der Waals surface area contributed by atoms with E-state index >= 15 is 0 Å². The lowest BCUT2D eigenvalue weighted by Gasteiger charge is -2.14. The van der Waals surface area contributed by atoms with E-state index in [0.717, 1.165) is 29.0 Å². The molecule has 0 saturated carbocycles. The van der Waals surface area contributed by atoms with E-state index in [1.807, 2.05) is 24.5 Å². The summed E-state index contributed by atoms with van der Waals surface area (Å²) in [6.07, 6.45) is 0.858. The van der Waals surface area contributed by atoms with Gasteiger partial charge in [0.15, 0.2) is 5.75 Å². The molecule has 0 aliphatic heterocycles. The van der Waals surface area contributed by atoms with E-state index in [-0.39, 0.29) is 5.95 Å². The summed E-state index contributed by atoms with van der Waals surface area (Å²) in [4.78, 5) is 7.59. The highest BCUT2D eigenvalue weighted by Gasteiger charge is 2.30. The predicted octanol–water partition coefficient (Wildman–Crippen LogP) is 6.31. The van der Waals surface area contributed by atoms with Crippen LogP contribution in [0.4, 0.5) is 19.1 Å². The topological polar surface area (TPSA) is 70.3 Å². The Balaban J connectivity index is 0.000000273. The smallest absolute Gasteiger partial charge is 0.416 e. The van der Waals surface area contributed by atoms with Crippen molar-refractivity contribution in [3.8, 4) is 22.6 Å². The summed E-state index contributed by atoms with van der Waals surface area (Å²) in [5, 5.41) is 0. The zero-order valence-corrected chi connectivity index (χ0v) is 19.8. The molecule has 9 heteroatoms. The molecule has 0 aliphatic carbocycles. The zero-order valence-electron chi connectivity index (χ0n) is 19.0. The minimum atomic E-state index is -4.32. The SMILES string of the molecule is COc1ccc(C(C)C)cc1-c1ccc(C(F)(F)F)cc1.CSCCOc1cnc(N)nc1. The van der Waals surface area contributed by atoms with E-state index in [2.05, 4.69) is 23.8 Å². The quantitative estimate of drug-likeness (QED) is 0.401. The molecule has 0 amide bonds. The first kappa shape index (κ1) is 26.3. The van der Waals surface area contributed by atoms with Crippen LogP contribution in [0, 0.1) is 0 Å². The van der Waals surface area contributed by atoms with E-state index in [1.165, 1.54) is 12.1 Å². The maximum absolute atomic E-state index is 12.6. The van der Waals surface area contributed by atoms with Crippen LogP contribution in [-0.2, 0) is 6.18 Å². The molecule has 0 spiro atoms. The zero-order chi connectivity index (χ0) is 24.4. The fraction of sp³-hybridized carbons (Fsp3) is 0.333. The average Bonchev–Trinajstić information content (AvgIpc) is 2.80. The van der Waals surface area contributed by atoms with Crippen LogP contribution in [0.1, 0.15) is 30.9 Å². The number of thioether (sulfide) groups is 1. The molecule has 0 unspecified atom stereocenters. The van der Waals surface area contributed by atoms with Crippen molar-refractivity contribution in [1.29, 1.82) is 0 Å². The van der Waals surface area contributed by atoms with Crippen LogP contribution in [0.3, 0.4) is 0 Å². The van der Waals surface area contributed by atoms with Gasteiger partial charge in [-0.05, 0) is 47.6 Å². The molecule has 0 aliphatic rings. The molecule has 0 saturated heterocycles. The number of ether oxygens (including phenoxy) is 2. The number of nitrogens with two attached hydrogens (primary N) is 1. The summed E-state index contributed by atoms with van der Waals surface area (Å²) >= 11 is 1.73. The van der Waals surface area contributed by atoms with E-state index in [1.54, 1.807) is 31.3 Å². The molecule has 2 aromatic carbocycles. The van der Waals surface area contributed by atoms with E-state index < -0.39 is 11.7 Å². The number of halogens is 3. The molecule has 2 N–H and O–H groups in total. The maximum Gasteiger partial charge on any atom is 0.416 e. The van der Waals surface area contributed by atoms with Crippen molar-refractivity contribution >= 4 is 17.7 Å². The van der Waals surface area contributed by atoms with Crippen LogP contribution < -0.4 is 15.2 Å². The second-order valence-corrected chi connectivity index (χ2v) is 8.29. The number of nitrogens with zero attached hydrogens (tertiary/aromatic N) is 2. The van der Waals surface area contributed by atoms with Gasteiger partial charge in [-0.15, -0.1) is 0 Å². The van der Waals surface area contributed by atoms with Gasteiger partial charge in [0.05, 0.1) is 31.7 Å². The molecule has 3 rings (SSSR count). The summed E-state index contributed by atoms with van der Waals surface area (Å²) in [5.41, 5.74) is 7.28. The lowest BCUT2D eigenvalue weighted by atomic mass is 9.96. The highest BCUT2D eigenvalue weighted by molar-refractivity contribution is 7.98. The Morgan fingerprint density at radius 2 is 1.67 bits per heavy atom. The molecular formula is C24H28F3N3O2S. The lowest BCUT2D eigenvalue weighted by molar-refractivity contribution is -0.137. The van der Waals surface area contributed by atoms with Crippen LogP contribution in [0.15, 0.2) is 54.9 Å².